The lowest BCUT2D eigenvalue weighted by molar-refractivity contribution is 0.0457. The average molecular weight is 251 g/mol. The van der Waals surface area contributed by atoms with E-state index in [-0.39, 0.29) is 11.1 Å². The van der Waals surface area contributed by atoms with Crippen LogP contribution in [0, 0.1) is 0 Å². The van der Waals surface area contributed by atoms with Crippen LogP contribution >= 0.6 is 0 Å². The Morgan fingerprint density at radius 2 is 1.61 bits per heavy atom. The lowest BCUT2D eigenvalue weighted by Gasteiger charge is -2.08. The Labute approximate surface area is 106 Å². The third-order valence-corrected chi connectivity index (χ3v) is 2.14. The summed E-state index contributed by atoms with van der Waals surface area (Å²) in [7, 11) is 0. The van der Waals surface area contributed by atoms with Crippen LogP contribution in [0.25, 0.3) is 0 Å². The van der Waals surface area contributed by atoms with Crippen molar-refractivity contribution in [1.82, 2.24) is 4.98 Å². The summed E-state index contributed by atoms with van der Waals surface area (Å²) in [6.45, 7) is 4.44. The molecule has 5 nitrogen and oxygen atoms in total. The number of rotatable bonds is 6. The van der Waals surface area contributed by atoms with E-state index in [9.17, 15) is 9.59 Å². The van der Waals surface area contributed by atoms with Crippen molar-refractivity contribution in [2.24, 2.45) is 0 Å². The predicted octanol–water partition coefficient (Wildman–Crippen LogP) is 2.22. The molecule has 0 aromatic carbocycles. The first-order valence-electron chi connectivity index (χ1n) is 5.99. The van der Waals surface area contributed by atoms with E-state index in [0.29, 0.717) is 13.2 Å². The van der Waals surface area contributed by atoms with Gasteiger partial charge in [-0.25, -0.2) is 9.59 Å². The normalized spacial score (nSPS) is 9.89. The highest BCUT2D eigenvalue weighted by molar-refractivity contribution is 6.02. The van der Waals surface area contributed by atoms with Crippen LogP contribution in [-0.2, 0) is 9.47 Å². The molecule has 0 aliphatic carbocycles. The summed E-state index contributed by atoms with van der Waals surface area (Å²) in [6.07, 6.45) is 4.22. The van der Waals surface area contributed by atoms with E-state index in [1.807, 2.05) is 13.8 Å². The van der Waals surface area contributed by atoms with Crippen molar-refractivity contribution < 1.29 is 19.1 Å². The molecule has 1 heterocycles. The number of nitrogens with zero attached hydrogens (tertiary/aromatic N) is 1. The standard InChI is InChI=1S/C13H17NO4/c1-3-7-17-12(15)10-5-6-14-9-11(10)13(16)18-8-4-2/h5-6,9H,3-4,7-8H2,1-2H3. The minimum Gasteiger partial charge on any atom is -0.462 e. The average Bonchev–Trinajstić information content (AvgIpc) is 2.42. The number of ether oxygens (including phenoxy) is 2. The number of hydrogen-bond donors (Lipinski definition) is 0. The highest BCUT2D eigenvalue weighted by Gasteiger charge is 2.19. The topological polar surface area (TPSA) is 65.5 Å². The third kappa shape index (κ3) is 3.84. The molecule has 0 bridgehead atoms. The molecular formula is C13H17NO4. The number of esters is 2. The second-order valence-corrected chi connectivity index (χ2v) is 3.69. The largest absolute Gasteiger partial charge is 0.462 e. The molecule has 0 fully saturated rings. The van der Waals surface area contributed by atoms with Crippen molar-refractivity contribution >= 4 is 11.9 Å². The maximum Gasteiger partial charge on any atom is 0.340 e. The summed E-state index contributed by atoms with van der Waals surface area (Å²) in [5.74, 6) is -1.07. The zero-order chi connectivity index (χ0) is 13.4. The van der Waals surface area contributed by atoms with E-state index in [2.05, 4.69) is 4.98 Å². The second-order valence-electron chi connectivity index (χ2n) is 3.69. The van der Waals surface area contributed by atoms with Crippen LogP contribution in [0.4, 0.5) is 0 Å². The molecule has 0 radical (unpaired) electrons. The highest BCUT2D eigenvalue weighted by Crippen LogP contribution is 2.10. The first-order chi connectivity index (χ1) is 8.70. The van der Waals surface area contributed by atoms with E-state index in [1.54, 1.807) is 0 Å². The molecule has 5 heteroatoms. The maximum absolute atomic E-state index is 11.7. The van der Waals surface area contributed by atoms with Crippen molar-refractivity contribution in [1.29, 1.82) is 0 Å². The van der Waals surface area contributed by atoms with E-state index >= 15 is 0 Å². The number of carbonyl (C=O) groups is 2. The van der Waals surface area contributed by atoms with Crippen molar-refractivity contribution in [3.05, 3.63) is 29.6 Å². The molecule has 0 amide bonds. The maximum atomic E-state index is 11.7. The lowest BCUT2D eigenvalue weighted by atomic mass is 10.1. The van der Waals surface area contributed by atoms with Gasteiger partial charge in [-0.1, -0.05) is 13.8 Å². The fourth-order valence-corrected chi connectivity index (χ4v) is 1.28. The Hall–Kier alpha value is -1.91. The molecule has 1 rings (SSSR count). The first kappa shape index (κ1) is 14.2. The quantitative estimate of drug-likeness (QED) is 0.725. The molecule has 0 spiro atoms. The van der Waals surface area contributed by atoms with E-state index in [0.717, 1.165) is 12.8 Å². The van der Waals surface area contributed by atoms with E-state index < -0.39 is 11.9 Å². The Kier molecular flexibility index (Phi) is 5.84. The van der Waals surface area contributed by atoms with Gasteiger partial charge >= 0.3 is 11.9 Å². The van der Waals surface area contributed by atoms with Gasteiger partial charge in [-0.05, 0) is 18.9 Å². The van der Waals surface area contributed by atoms with Gasteiger partial charge in [0.1, 0.15) is 0 Å². The van der Waals surface area contributed by atoms with Gasteiger partial charge in [0.2, 0.25) is 0 Å². The van der Waals surface area contributed by atoms with Crippen LogP contribution in [0.1, 0.15) is 47.4 Å². The van der Waals surface area contributed by atoms with E-state index in [4.69, 9.17) is 9.47 Å². The van der Waals surface area contributed by atoms with E-state index in [1.165, 1.54) is 18.5 Å². The second kappa shape index (κ2) is 7.42. The monoisotopic (exact) mass is 251 g/mol. The molecule has 1 aromatic heterocycles. The zero-order valence-corrected chi connectivity index (χ0v) is 10.6. The summed E-state index contributed by atoms with van der Waals surface area (Å²) in [5, 5.41) is 0. The smallest absolute Gasteiger partial charge is 0.340 e. The van der Waals surface area contributed by atoms with Crippen LogP contribution in [0.5, 0.6) is 0 Å². The van der Waals surface area contributed by atoms with Crippen LogP contribution < -0.4 is 0 Å². The summed E-state index contributed by atoms with van der Waals surface area (Å²) < 4.78 is 9.98. The van der Waals surface area contributed by atoms with Gasteiger partial charge in [0, 0.05) is 12.4 Å². The minimum atomic E-state index is -0.548. The fourth-order valence-electron chi connectivity index (χ4n) is 1.28. The molecule has 0 saturated carbocycles. The lowest BCUT2D eigenvalue weighted by Crippen LogP contribution is -2.15. The molecule has 0 aliphatic rings. The first-order valence-corrected chi connectivity index (χ1v) is 5.99. The molecule has 1 aromatic rings. The molecule has 0 atom stereocenters. The van der Waals surface area contributed by atoms with Crippen molar-refractivity contribution in [2.45, 2.75) is 26.7 Å². The summed E-state index contributed by atoms with van der Waals surface area (Å²) in [5.41, 5.74) is 0.339. The SMILES string of the molecule is CCCOC(=O)c1ccncc1C(=O)OCCC. The van der Waals surface area contributed by atoms with Crippen LogP contribution in [0.15, 0.2) is 18.5 Å². The number of hydrogen-bond acceptors (Lipinski definition) is 5. The molecular weight excluding hydrogens is 234 g/mol. The molecule has 0 N–H and O–H groups in total. The Morgan fingerprint density at radius 1 is 1.06 bits per heavy atom. The highest BCUT2D eigenvalue weighted by atomic mass is 16.5. The Bertz CT molecular complexity index is 378. The van der Waals surface area contributed by atoms with Crippen molar-refractivity contribution in [3.63, 3.8) is 0 Å². The van der Waals surface area contributed by atoms with Crippen LogP contribution in [-0.4, -0.2) is 30.1 Å². The zero-order valence-electron chi connectivity index (χ0n) is 10.6. The van der Waals surface area contributed by atoms with Gasteiger partial charge in [0.15, 0.2) is 0 Å². The van der Waals surface area contributed by atoms with Gasteiger partial charge in [-0.15, -0.1) is 0 Å². The minimum absolute atomic E-state index is 0.145. The summed E-state index contributed by atoms with van der Waals surface area (Å²) >= 11 is 0. The van der Waals surface area contributed by atoms with Gasteiger partial charge in [0.25, 0.3) is 0 Å². The number of pyridine rings is 1. The molecule has 0 saturated heterocycles. The van der Waals surface area contributed by atoms with Gasteiger partial charge in [-0.3, -0.25) is 4.98 Å². The molecule has 18 heavy (non-hydrogen) atoms. The number of carbonyl (C=O) groups excluding carboxylic acids is 2. The predicted molar refractivity (Wildman–Crippen MR) is 65.4 cm³/mol. The third-order valence-electron chi connectivity index (χ3n) is 2.14. The molecule has 0 aliphatic heterocycles. The van der Waals surface area contributed by atoms with Crippen molar-refractivity contribution in [3.8, 4) is 0 Å². The van der Waals surface area contributed by atoms with Crippen LogP contribution in [0.2, 0.25) is 0 Å². The summed E-state index contributed by atoms with van der Waals surface area (Å²) in [4.78, 5) is 27.3. The van der Waals surface area contributed by atoms with Crippen molar-refractivity contribution in [2.75, 3.05) is 13.2 Å². The molecule has 0 unspecified atom stereocenters. The fraction of sp³-hybridized carbons (Fsp3) is 0.462. The Balaban J connectivity index is 2.85. The Morgan fingerprint density at radius 3 is 2.17 bits per heavy atom. The number of aromatic nitrogens is 1. The van der Waals surface area contributed by atoms with Gasteiger partial charge in [-0.2, -0.15) is 0 Å². The molecule has 98 valence electrons. The van der Waals surface area contributed by atoms with Gasteiger partial charge < -0.3 is 9.47 Å². The van der Waals surface area contributed by atoms with Gasteiger partial charge in [0.05, 0.1) is 24.3 Å². The summed E-state index contributed by atoms with van der Waals surface area (Å²) in [6, 6.07) is 1.46. The van der Waals surface area contributed by atoms with Crippen LogP contribution in [0.3, 0.4) is 0 Å².